The molecule has 0 aliphatic carbocycles. The van der Waals surface area contributed by atoms with Crippen LogP contribution in [0.3, 0.4) is 0 Å². The Hall–Kier alpha value is -2.87. The van der Waals surface area contributed by atoms with Gasteiger partial charge in [0, 0.05) is 6.20 Å². The van der Waals surface area contributed by atoms with Gasteiger partial charge in [0.2, 0.25) is 0 Å². The maximum absolute atomic E-state index is 12.3. The summed E-state index contributed by atoms with van der Waals surface area (Å²) in [5.41, 5.74) is 1.45. The van der Waals surface area contributed by atoms with Crippen LogP contribution in [0.25, 0.3) is 0 Å². The molecule has 1 amide bonds. The summed E-state index contributed by atoms with van der Waals surface area (Å²) in [6.45, 7) is 2.09. The number of pyridine rings is 1. The molecule has 5 heteroatoms. The van der Waals surface area contributed by atoms with Gasteiger partial charge < -0.3 is 4.74 Å². The Kier molecular flexibility index (Phi) is 3.28. The van der Waals surface area contributed by atoms with Crippen molar-refractivity contribution in [3.8, 4) is 11.8 Å². The van der Waals surface area contributed by atoms with E-state index in [1.807, 2.05) is 12.1 Å². The van der Waals surface area contributed by atoms with Crippen LogP contribution >= 0.6 is 0 Å². The van der Waals surface area contributed by atoms with Gasteiger partial charge in [-0.2, -0.15) is 5.26 Å². The summed E-state index contributed by atoms with van der Waals surface area (Å²) in [7, 11) is 0. The molecule has 0 bridgehead atoms. The zero-order chi connectivity index (χ0) is 14.8. The van der Waals surface area contributed by atoms with Crippen LogP contribution in [0.15, 0.2) is 42.6 Å². The van der Waals surface area contributed by atoms with Crippen molar-refractivity contribution in [3.05, 3.63) is 53.7 Å². The van der Waals surface area contributed by atoms with Gasteiger partial charge in [-0.1, -0.05) is 12.1 Å². The minimum Gasteiger partial charge on any atom is -0.477 e. The van der Waals surface area contributed by atoms with Gasteiger partial charge in [-0.3, -0.25) is 9.69 Å². The summed E-state index contributed by atoms with van der Waals surface area (Å²) in [5, 5.41) is 8.96. The van der Waals surface area contributed by atoms with E-state index in [-0.39, 0.29) is 5.91 Å². The number of carbonyl (C=O) groups excluding carboxylic acids is 1. The highest BCUT2D eigenvalue weighted by atomic mass is 16.5. The van der Waals surface area contributed by atoms with Gasteiger partial charge in [0.25, 0.3) is 5.91 Å². The number of hydrogen-bond acceptors (Lipinski definition) is 4. The molecule has 0 spiro atoms. The molecule has 2 aromatic rings. The molecule has 21 heavy (non-hydrogen) atoms. The van der Waals surface area contributed by atoms with Crippen LogP contribution in [-0.4, -0.2) is 17.0 Å². The van der Waals surface area contributed by atoms with E-state index in [0.717, 1.165) is 5.56 Å². The lowest BCUT2D eigenvalue weighted by Crippen LogP contribution is -2.44. The molecule has 0 saturated heterocycles. The Balaban J connectivity index is 1.97. The Morgan fingerprint density at radius 3 is 3.05 bits per heavy atom. The lowest BCUT2D eigenvalue weighted by Gasteiger charge is -2.31. The number of rotatable bonds is 2. The van der Waals surface area contributed by atoms with E-state index in [9.17, 15) is 4.79 Å². The molecular formula is C16H13N3O2. The molecule has 1 aliphatic heterocycles. The Labute approximate surface area is 122 Å². The van der Waals surface area contributed by atoms with Crippen LogP contribution in [0.5, 0.6) is 5.75 Å². The lowest BCUT2D eigenvalue weighted by atomic mass is 10.1. The van der Waals surface area contributed by atoms with E-state index in [2.05, 4.69) is 11.1 Å². The fraction of sp³-hybridized carbons (Fsp3) is 0.188. The third-order valence-electron chi connectivity index (χ3n) is 3.32. The fourth-order valence-electron chi connectivity index (χ4n) is 2.32. The van der Waals surface area contributed by atoms with Crippen LogP contribution in [0.2, 0.25) is 0 Å². The van der Waals surface area contributed by atoms with E-state index in [0.29, 0.717) is 23.7 Å². The van der Waals surface area contributed by atoms with Crippen molar-refractivity contribution in [2.45, 2.75) is 19.6 Å². The van der Waals surface area contributed by atoms with Crippen molar-refractivity contribution in [2.24, 2.45) is 0 Å². The Morgan fingerprint density at radius 1 is 1.38 bits per heavy atom. The molecule has 2 heterocycles. The first-order valence-corrected chi connectivity index (χ1v) is 6.61. The predicted octanol–water partition coefficient (Wildman–Crippen LogP) is 2.27. The quantitative estimate of drug-likeness (QED) is 0.845. The fourth-order valence-corrected chi connectivity index (χ4v) is 2.32. The molecule has 1 aromatic carbocycles. The molecule has 1 unspecified atom stereocenters. The third-order valence-corrected chi connectivity index (χ3v) is 3.32. The summed E-state index contributed by atoms with van der Waals surface area (Å²) in [5.74, 6) is 0.979. The number of carbonyl (C=O) groups is 1. The van der Waals surface area contributed by atoms with Crippen molar-refractivity contribution >= 4 is 11.7 Å². The topological polar surface area (TPSA) is 66.2 Å². The van der Waals surface area contributed by atoms with Gasteiger partial charge in [0.05, 0.1) is 18.2 Å². The second kappa shape index (κ2) is 5.25. The number of ether oxygens (including phenoxy) is 1. The Morgan fingerprint density at radius 2 is 2.24 bits per heavy atom. The molecular weight excluding hydrogens is 266 g/mol. The second-order valence-electron chi connectivity index (χ2n) is 4.82. The Bertz CT molecular complexity index is 736. The molecule has 0 fully saturated rings. The molecule has 1 aliphatic rings. The first-order valence-electron chi connectivity index (χ1n) is 6.61. The van der Waals surface area contributed by atoms with Crippen LogP contribution in [0.4, 0.5) is 5.82 Å². The van der Waals surface area contributed by atoms with Crippen LogP contribution in [-0.2, 0) is 11.3 Å². The van der Waals surface area contributed by atoms with Crippen molar-refractivity contribution in [1.82, 2.24) is 4.98 Å². The van der Waals surface area contributed by atoms with E-state index in [4.69, 9.17) is 10.00 Å². The van der Waals surface area contributed by atoms with Crippen LogP contribution in [0, 0.1) is 11.3 Å². The zero-order valence-electron chi connectivity index (χ0n) is 11.5. The van der Waals surface area contributed by atoms with E-state index in [1.165, 1.54) is 0 Å². The monoisotopic (exact) mass is 279 g/mol. The van der Waals surface area contributed by atoms with Gasteiger partial charge in [0.1, 0.15) is 0 Å². The molecule has 0 radical (unpaired) electrons. The maximum Gasteiger partial charge on any atom is 0.269 e. The number of nitriles is 1. The third kappa shape index (κ3) is 2.43. The molecule has 0 N–H and O–H groups in total. The van der Waals surface area contributed by atoms with Gasteiger partial charge >= 0.3 is 0 Å². The van der Waals surface area contributed by atoms with Crippen molar-refractivity contribution in [1.29, 1.82) is 5.26 Å². The normalized spacial score (nSPS) is 16.9. The van der Waals surface area contributed by atoms with Gasteiger partial charge in [-0.05, 0) is 36.8 Å². The summed E-state index contributed by atoms with van der Waals surface area (Å²) in [6.07, 6.45) is 1.09. The average molecular weight is 279 g/mol. The largest absolute Gasteiger partial charge is 0.477 e. The first kappa shape index (κ1) is 13.1. The molecule has 1 aromatic heterocycles. The molecule has 5 nitrogen and oxygen atoms in total. The summed E-state index contributed by atoms with van der Waals surface area (Å²) in [6, 6.07) is 12.9. The van der Waals surface area contributed by atoms with Crippen molar-refractivity contribution in [2.75, 3.05) is 4.90 Å². The number of anilines is 1. The number of benzene rings is 1. The number of hydrogen-bond donors (Lipinski definition) is 0. The molecule has 0 saturated carbocycles. The van der Waals surface area contributed by atoms with Crippen LogP contribution < -0.4 is 9.64 Å². The average Bonchev–Trinajstić information content (AvgIpc) is 2.52. The van der Waals surface area contributed by atoms with Crippen LogP contribution in [0.1, 0.15) is 18.1 Å². The predicted molar refractivity (Wildman–Crippen MR) is 76.7 cm³/mol. The highest BCUT2D eigenvalue weighted by Crippen LogP contribution is 2.32. The molecule has 104 valence electrons. The number of amides is 1. The summed E-state index contributed by atoms with van der Waals surface area (Å²) >= 11 is 0. The molecule has 1 atom stereocenters. The number of aromatic nitrogens is 1. The SMILES string of the molecule is CC1Oc2cccnc2N(Cc2cccc(C#N)c2)C1=O. The number of fused-ring (bicyclic) bond motifs is 1. The highest BCUT2D eigenvalue weighted by Gasteiger charge is 2.32. The highest BCUT2D eigenvalue weighted by molar-refractivity contribution is 5.98. The maximum atomic E-state index is 12.3. The van der Waals surface area contributed by atoms with Gasteiger partial charge in [-0.15, -0.1) is 0 Å². The number of nitrogens with zero attached hydrogens (tertiary/aromatic N) is 3. The minimum atomic E-state index is -0.541. The second-order valence-corrected chi connectivity index (χ2v) is 4.82. The van der Waals surface area contributed by atoms with E-state index < -0.39 is 6.10 Å². The van der Waals surface area contributed by atoms with E-state index in [1.54, 1.807) is 42.3 Å². The van der Waals surface area contributed by atoms with E-state index >= 15 is 0 Å². The standard InChI is InChI=1S/C16H13N3O2/c1-11-16(20)19(15-14(21-11)6-3-7-18-15)10-13-5-2-4-12(8-13)9-17/h2-8,11H,10H2,1H3. The summed E-state index contributed by atoms with van der Waals surface area (Å²) < 4.78 is 5.55. The summed E-state index contributed by atoms with van der Waals surface area (Å²) in [4.78, 5) is 18.2. The smallest absolute Gasteiger partial charge is 0.269 e. The first-order chi connectivity index (χ1) is 10.2. The van der Waals surface area contributed by atoms with Gasteiger partial charge in [-0.25, -0.2) is 4.98 Å². The van der Waals surface area contributed by atoms with Gasteiger partial charge in [0.15, 0.2) is 17.7 Å². The van der Waals surface area contributed by atoms with Crippen molar-refractivity contribution in [3.63, 3.8) is 0 Å². The lowest BCUT2D eigenvalue weighted by molar-refractivity contribution is -0.125. The van der Waals surface area contributed by atoms with Crippen molar-refractivity contribution < 1.29 is 9.53 Å². The molecule has 3 rings (SSSR count). The zero-order valence-corrected chi connectivity index (χ0v) is 11.5. The minimum absolute atomic E-state index is 0.136.